The highest BCUT2D eigenvalue weighted by Crippen LogP contribution is 2.38. The Morgan fingerprint density at radius 2 is 1.80 bits per heavy atom. The van der Waals surface area contributed by atoms with Gasteiger partial charge in [0.05, 0.1) is 5.54 Å². The van der Waals surface area contributed by atoms with Gasteiger partial charge in [-0.1, -0.05) is 6.92 Å². The van der Waals surface area contributed by atoms with Gasteiger partial charge in [0, 0.05) is 0 Å². The van der Waals surface area contributed by atoms with E-state index in [1.54, 1.807) is 0 Å². The van der Waals surface area contributed by atoms with Crippen molar-refractivity contribution in [2.45, 2.75) is 25.1 Å². The monoisotopic (exact) mass is 210 g/mol. The summed E-state index contributed by atoms with van der Waals surface area (Å²) in [5, 5.41) is 0. The quantitative estimate of drug-likeness (QED) is 0.486. The molecule has 0 saturated carbocycles. The van der Waals surface area contributed by atoms with Crippen LogP contribution in [-0.4, -0.2) is 13.6 Å². The summed E-state index contributed by atoms with van der Waals surface area (Å²) < 4.78 is 35.5. The lowest BCUT2D eigenvalue weighted by Gasteiger charge is -2.17. The first-order valence-electron chi connectivity index (χ1n) is 2.74. The maximum absolute atomic E-state index is 11.8. The Balaban J connectivity index is 4.07. The Kier molecular flexibility index (Phi) is 4.05. The summed E-state index contributed by atoms with van der Waals surface area (Å²) in [5.74, 6) is 0. The van der Waals surface area contributed by atoms with E-state index in [9.17, 15) is 13.2 Å². The Labute approximate surface area is 68.3 Å². The Bertz CT molecular complexity index is 103. The predicted octanol–water partition coefficient (Wildman–Crippen LogP) is 3.03. The standard InChI is InChI=1S/C4H7Cl2F3Si/c1-2-3(10(5)6)4(7,8)9/h3,10H,2H2,1H3. The highest BCUT2D eigenvalue weighted by Gasteiger charge is 2.43. The van der Waals surface area contributed by atoms with Gasteiger partial charge in [0.2, 0.25) is 7.42 Å². The second-order valence-corrected chi connectivity index (χ2v) is 6.86. The summed E-state index contributed by atoms with van der Waals surface area (Å²) in [6.07, 6.45) is -4.23. The van der Waals surface area contributed by atoms with Crippen molar-refractivity contribution in [3.63, 3.8) is 0 Å². The van der Waals surface area contributed by atoms with Crippen molar-refractivity contribution in [1.29, 1.82) is 0 Å². The Morgan fingerprint density at radius 1 is 1.40 bits per heavy atom. The van der Waals surface area contributed by atoms with Gasteiger partial charge in [0.1, 0.15) is 0 Å². The van der Waals surface area contributed by atoms with E-state index in [4.69, 9.17) is 22.2 Å². The van der Waals surface area contributed by atoms with Crippen molar-refractivity contribution >= 4 is 29.6 Å². The van der Waals surface area contributed by atoms with Crippen LogP contribution in [0.2, 0.25) is 5.54 Å². The number of halogens is 5. The third kappa shape index (κ3) is 3.12. The molecule has 0 aromatic carbocycles. The van der Waals surface area contributed by atoms with Crippen molar-refractivity contribution in [2.75, 3.05) is 0 Å². The molecule has 0 amide bonds. The Hall–Kier alpha value is 0.587. The zero-order valence-electron chi connectivity index (χ0n) is 5.25. The lowest BCUT2D eigenvalue weighted by molar-refractivity contribution is -0.134. The van der Waals surface area contributed by atoms with Crippen molar-refractivity contribution in [3.05, 3.63) is 0 Å². The molecule has 6 heteroatoms. The fourth-order valence-electron chi connectivity index (χ4n) is 0.552. The first kappa shape index (κ1) is 10.6. The van der Waals surface area contributed by atoms with E-state index in [0.29, 0.717) is 0 Å². The lowest BCUT2D eigenvalue weighted by Crippen LogP contribution is -2.24. The zero-order chi connectivity index (χ0) is 8.36. The molecule has 10 heavy (non-hydrogen) atoms. The minimum Gasteiger partial charge on any atom is -0.171 e. The third-order valence-corrected chi connectivity index (χ3v) is 4.45. The molecule has 0 N–H and O–H groups in total. The van der Waals surface area contributed by atoms with Crippen LogP contribution in [0.4, 0.5) is 13.2 Å². The molecule has 0 nitrogen and oxygen atoms in total. The van der Waals surface area contributed by atoms with Gasteiger partial charge in [-0.05, 0) is 6.42 Å². The van der Waals surface area contributed by atoms with Crippen LogP contribution in [-0.2, 0) is 0 Å². The van der Waals surface area contributed by atoms with Gasteiger partial charge >= 0.3 is 6.18 Å². The summed E-state index contributed by atoms with van der Waals surface area (Å²) in [4.78, 5) is 0. The van der Waals surface area contributed by atoms with E-state index >= 15 is 0 Å². The molecule has 0 rings (SSSR count). The third-order valence-electron chi connectivity index (χ3n) is 1.16. The van der Waals surface area contributed by atoms with Gasteiger partial charge in [-0.3, -0.25) is 0 Å². The zero-order valence-corrected chi connectivity index (χ0v) is 7.92. The molecule has 0 aromatic rings. The molecule has 0 aliphatic heterocycles. The molecule has 0 heterocycles. The van der Waals surface area contributed by atoms with Crippen LogP contribution in [0.1, 0.15) is 13.3 Å². The molecule has 0 aromatic heterocycles. The lowest BCUT2D eigenvalue weighted by atomic mass is 10.3. The van der Waals surface area contributed by atoms with E-state index < -0.39 is 19.1 Å². The van der Waals surface area contributed by atoms with Crippen LogP contribution in [0.3, 0.4) is 0 Å². The van der Waals surface area contributed by atoms with Gasteiger partial charge in [0.25, 0.3) is 0 Å². The fraction of sp³-hybridized carbons (Fsp3) is 1.00. The minimum absolute atomic E-state index is 0.0204. The first-order valence-corrected chi connectivity index (χ1v) is 6.90. The molecule has 0 bridgehead atoms. The average Bonchev–Trinajstić information content (AvgIpc) is 1.60. The normalized spacial score (nSPS) is 15.9. The molecule has 0 aliphatic carbocycles. The summed E-state index contributed by atoms with van der Waals surface area (Å²) in [6, 6.07) is 0. The summed E-state index contributed by atoms with van der Waals surface area (Å²) >= 11 is 10.4. The molecule has 0 fully saturated rings. The van der Waals surface area contributed by atoms with Crippen molar-refractivity contribution in [1.82, 2.24) is 0 Å². The highest BCUT2D eigenvalue weighted by atomic mass is 35.7. The van der Waals surface area contributed by atoms with Crippen LogP contribution in [0.15, 0.2) is 0 Å². The molecule has 0 radical (unpaired) electrons. The van der Waals surface area contributed by atoms with Gasteiger partial charge in [-0.25, -0.2) is 0 Å². The number of hydrogen-bond donors (Lipinski definition) is 0. The van der Waals surface area contributed by atoms with Gasteiger partial charge in [0.15, 0.2) is 0 Å². The van der Waals surface area contributed by atoms with Crippen molar-refractivity contribution in [2.24, 2.45) is 0 Å². The topological polar surface area (TPSA) is 0 Å². The molecular formula is C4H7Cl2F3Si. The molecule has 0 saturated heterocycles. The van der Waals surface area contributed by atoms with Crippen molar-refractivity contribution in [3.8, 4) is 0 Å². The highest BCUT2D eigenvalue weighted by molar-refractivity contribution is 7.34. The first-order chi connectivity index (χ1) is 4.39. The second-order valence-electron chi connectivity index (χ2n) is 1.89. The van der Waals surface area contributed by atoms with Crippen LogP contribution in [0.5, 0.6) is 0 Å². The van der Waals surface area contributed by atoms with Crippen LogP contribution in [0, 0.1) is 0 Å². The van der Waals surface area contributed by atoms with Crippen LogP contribution < -0.4 is 0 Å². The van der Waals surface area contributed by atoms with Crippen LogP contribution in [0.25, 0.3) is 0 Å². The van der Waals surface area contributed by atoms with Gasteiger partial charge < -0.3 is 0 Å². The summed E-state index contributed by atoms with van der Waals surface area (Å²) in [7, 11) is -2.59. The molecule has 1 unspecified atom stereocenters. The van der Waals surface area contributed by atoms with E-state index in [0.717, 1.165) is 0 Å². The second kappa shape index (κ2) is 3.83. The maximum Gasteiger partial charge on any atom is 0.391 e. The number of alkyl halides is 3. The molecule has 0 spiro atoms. The minimum atomic E-state index is -4.21. The summed E-state index contributed by atoms with van der Waals surface area (Å²) in [6.45, 7) is 1.43. The molecule has 62 valence electrons. The van der Waals surface area contributed by atoms with E-state index in [1.165, 1.54) is 6.92 Å². The fourth-order valence-corrected chi connectivity index (χ4v) is 3.12. The predicted molar refractivity (Wildman–Crippen MR) is 39.0 cm³/mol. The number of rotatable bonds is 2. The van der Waals surface area contributed by atoms with E-state index in [2.05, 4.69) is 0 Å². The Morgan fingerprint density at radius 3 is 1.80 bits per heavy atom. The number of hydrogen-bond acceptors (Lipinski definition) is 0. The molecular weight excluding hydrogens is 204 g/mol. The van der Waals surface area contributed by atoms with E-state index in [-0.39, 0.29) is 6.42 Å². The largest absolute Gasteiger partial charge is 0.391 e. The summed E-state index contributed by atoms with van der Waals surface area (Å²) in [5.41, 5.74) is -1.46. The van der Waals surface area contributed by atoms with Gasteiger partial charge in [-0.2, -0.15) is 13.2 Å². The van der Waals surface area contributed by atoms with E-state index in [1.807, 2.05) is 0 Å². The smallest absolute Gasteiger partial charge is 0.171 e. The molecule has 1 atom stereocenters. The average molecular weight is 211 g/mol. The van der Waals surface area contributed by atoms with Gasteiger partial charge in [-0.15, -0.1) is 22.2 Å². The van der Waals surface area contributed by atoms with Crippen LogP contribution >= 0.6 is 22.2 Å². The molecule has 0 aliphatic rings. The van der Waals surface area contributed by atoms with Crippen molar-refractivity contribution < 1.29 is 13.2 Å². The maximum atomic E-state index is 11.8. The SMILES string of the molecule is CCC([SiH](Cl)Cl)C(F)(F)F.